The van der Waals surface area contributed by atoms with Crippen LogP contribution < -0.4 is 0 Å². The molecule has 0 saturated carbocycles. The van der Waals surface area contributed by atoms with Gasteiger partial charge in [-0.25, -0.2) is 0 Å². The number of carbonyl (C=O) groups is 1. The highest BCUT2D eigenvalue weighted by Crippen LogP contribution is 2.36. The molecule has 2 aromatic heterocycles. The Hall–Kier alpha value is -1.88. The smallest absolute Gasteiger partial charge is 0.335 e. The van der Waals surface area contributed by atoms with E-state index in [2.05, 4.69) is 31.0 Å². The van der Waals surface area contributed by atoms with E-state index in [0.29, 0.717) is 26.2 Å². The highest BCUT2D eigenvalue weighted by atomic mass is 79.9. The molecule has 1 aliphatic heterocycles. The SMILES string of the molecule is Cc1nn(C)c(C)c1CN1CCN(C(=O)c2c(Br)c(C(F)(F)F)nn2C)CC1. The third-order valence-corrected chi connectivity index (χ3v) is 5.91. The lowest BCUT2D eigenvalue weighted by molar-refractivity contribution is -0.142. The van der Waals surface area contributed by atoms with E-state index in [-0.39, 0.29) is 10.2 Å². The minimum atomic E-state index is -4.62. The lowest BCUT2D eigenvalue weighted by atomic mass is 10.1. The zero-order valence-corrected chi connectivity index (χ0v) is 17.7. The number of carbonyl (C=O) groups excluding carboxylic acids is 1. The van der Waals surface area contributed by atoms with Gasteiger partial charge in [-0.05, 0) is 29.8 Å². The van der Waals surface area contributed by atoms with E-state index in [0.717, 1.165) is 22.6 Å². The summed E-state index contributed by atoms with van der Waals surface area (Å²) in [4.78, 5) is 16.6. The molecule has 0 atom stereocenters. The number of piperazine rings is 1. The van der Waals surface area contributed by atoms with Crippen molar-refractivity contribution in [3.05, 3.63) is 32.8 Å². The van der Waals surface area contributed by atoms with Crippen molar-refractivity contribution in [1.29, 1.82) is 0 Å². The first kappa shape index (κ1) is 20.8. The van der Waals surface area contributed by atoms with Crippen LogP contribution in [0.2, 0.25) is 0 Å². The van der Waals surface area contributed by atoms with Crippen molar-refractivity contribution < 1.29 is 18.0 Å². The summed E-state index contributed by atoms with van der Waals surface area (Å²) in [5.41, 5.74) is 2.09. The Balaban J connectivity index is 1.68. The summed E-state index contributed by atoms with van der Waals surface area (Å²) < 4.78 is 41.6. The van der Waals surface area contributed by atoms with Gasteiger partial charge in [0.25, 0.3) is 5.91 Å². The van der Waals surface area contributed by atoms with E-state index in [4.69, 9.17) is 0 Å². The first-order valence-electron chi connectivity index (χ1n) is 8.81. The molecular formula is C17H22BrF3N6O. The van der Waals surface area contributed by atoms with Gasteiger partial charge in [0.2, 0.25) is 0 Å². The first-order chi connectivity index (χ1) is 13.0. The summed E-state index contributed by atoms with van der Waals surface area (Å²) in [5, 5.41) is 7.89. The zero-order chi connectivity index (χ0) is 20.8. The molecule has 1 amide bonds. The molecule has 154 valence electrons. The van der Waals surface area contributed by atoms with Crippen LogP contribution in [0.4, 0.5) is 13.2 Å². The van der Waals surface area contributed by atoms with Gasteiger partial charge in [0, 0.05) is 58.1 Å². The Morgan fingerprint density at radius 1 is 1.07 bits per heavy atom. The Kier molecular flexibility index (Phi) is 5.59. The van der Waals surface area contributed by atoms with Crippen LogP contribution in [0.5, 0.6) is 0 Å². The molecule has 0 bridgehead atoms. The maximum Gasteiger partial charge on any atom is 0.436 e. The summed E-state index contributed by atoms with van der Waals surface area (Å²) in [6.07, 6.45) is -4.62. The normalized spacial score (nSPS) is 16.1. The van der Waals surface area contributed by atoms with Gasteiger partial charge in [-0.2, -0.15) is 23.4 Å². The van der Waals surface area contributed by atoms with Gasteiger partial charge >= 0.3 is 6.18 Å². The second-order valence-corrected chi connectivity index (χ2v) is 7.77. The molecule has 0 aliphatic carbocycles. The zero-order valence-electron chi connectivity index (χ0n) is 16.1. The van der Waals surface area contributed by atoms with Gasteiger partial charge < -0.3 is 4.90 Å². The van der Waals surface area contributed by atoms with Crippen molar-refractivity contribution in [2.45, 2.75) is 26.6 Å². The van der Waals surface area contributed by atoms with Crippen LogP contribution >= 0.6 is 15.9 Å². The molecule has 1 aliphatic rings. The Labute approximate surface area is 169 Å². The molecule has 7 nitrogen and oxygen atoms in total. The molecule has 0 N–H and O–H groups in total. The minimum Gasteiger partial charge on any atom is -0.335 e. The predicted octanol–water partition coefficient (Wildman–Crippen LogP) is 2.51. The standard InChI is InChI=1S/C17H22BrF3N6O/c1-10-12(11(2)24(3)22-10)9-26-5-7-27(8-6-26)16(28)14-13(18)15(17(19,20)21)23-25(14)4/h5-9H2,1-4H3. The molecule has 0 unspecified atom stereocenters. The number of halogens is 4. The highest BCUT2D eigenvalue weighted by molar-refractivity contribution is 9.10. The van der Waals surface area contributed by atoms with Crippen LogP contribution in [0.25, 0.3) is 0 Å². The third-order valence-electron chi connectivity index (χ3n) is 5.16. The Morgan fingerprint density at radius 2 is 1.68 bits per heavy atom. The molecule has 3 rings (SSSR count). The number of aryl methyl sites for hydroxylation is 3. The van der Waals surface area contributed by atoms with Crippen molar-refractivity contribution in [3.8, 4) is 0 Å². The van der Waals surface area contributed by atoms with E-state index in [1.807, 2.05) is 25.6 Å². The maximum absolute atomic E-state index is 13.0. The molecule has 2 aromatic rings. The van der Waals surface area contributed by atoms with Crippen molar-refractivity contribution in [2.24, 2.45) is 14.1 Å². The lowest BCUT2D eigenvalue weighted by Crippen LogP contribution is -2.48. The summed E-state index contributed by atoms with van der Waals surface area (Å²) in [6.45, 7) is 6.89. The minimum absolute atomic E-state index is 0.0836. The van der Waals surface area contributed by atoms with Crippen molar-refractivity contribution in [2.75, 3.05) is 26.2 Å². The second kappa shape index (κ2) is 7.51. The number of alkyl halides is 3. The fourth-order valence-electron chi connectivity index (χ4n) is 3.44. The van der Waals surface area contributed by atoms with E-state index in [9.17, 15) is 18.0 Å². The van der Waals surface area contributed by atoms with Crippen LogP contribution in [0.15, 0.2) is 4.47 Å². The lowest BCUT2D eigenvalue weighted by Gasteiger charge is -2.34. The number of aromatic nitrogens is 4. The highest BCUT2D eigenvalue weighted by Gasteiger charge is 2.40. The van der Waals surface area contributed by atoms with Crippen LogP contribution in [0.3, 0.4) is 0 Å². The largest absolute Gasteiger partial charge is 0.436 e. The summed E-state index contributed by atoms with van der Waals surface area (Å²) in [6, 6.07) is 0. The fraction of sp³-hybridized carbons (Fsp3) is 0.588. The summed E-state index contributed by atoms with van der Waals surface area (Å²) >= 11 is 2.91. The predicted molar refractivity (Wildman–Crippen MR) is 99.8 cm³/mol. The van der Waals surface area contributed by atoms with E-state index < -0.39 is 17.8 Å². The molecule has 0 aromatic carbocycles. The molecular weight excluding hydrogens is 441 g/mol. The van der Waals surface area contributed by atoms with Gasteiger partial charge in [-0.15, -0.1) is 0 Å². The Bertz CT molecular complexity index is 896. The van der Waals surface area contributed by atoms with Crippen molar-refractivity contribution in [1.82, 2.24) is 29.4 Å². The molecule has 28 heavy (non-hydrogen) atoms. The van der Waals surface area contributed by atoms with E-state index >= 15 is 0 Å². The van der Waals surface area contributed by atoms with Gasteiger partial charge in [0.05, 0.1) is 10.2 Å². The quantitative estimate of drug-likeness (QED) is 0.702. The molecule has 0 radical (unpaired) electrons. The number of hydrogen-bond donors (Lipinski definition) is 0. The van der Waals surface area contributed by atoms with Gasteiger partial charge in [-0.3, -0.25) is 19.1 Å². The average Bonchev–Trinajstić information content (AvgIpc) is 3.05. The fourth-order valence-corrected chi connectivity index (χ4v) is 4.17. The molecule has 1 fully saturated rings. The number of amides is 1. The number of hydrogen-bond acceptors (Lipinski definition) is 4. The topological polar surface area (TPSA) is 59.2 Å². The molecule has 3 heterocycles. The third kappa shape index (κ3) is 3.82. The van der Waals surface area contributed by atoms with E-state index in [1.165, 1.54) is 12.6 Å². The van der Waals surface area contributed by atoms with Crippen molar-refractivity contribution in [3.63, 3.8) is 0 Å². The van der Waals surface area contributed by atoms with Crippen LogP contribution in [0.1, 0.15) is 33.1 Å². The molecule has 1 saturated heterocycles. The van der Waals surface area contributed by atoms with Crippen LogP contribution in [0, 0.1) is 13.8 Å². The average molecular weight is 463 g/mol. The van der Waals surface area contributed by atoms with Gasteiger partial charge in [0.15, 0.2) is 5.69 Å². The molecule has 11 heteroatoms. The van der Waals surface area contributed by atoms with Crippen LogP contribution in [-0.4, -0.2) is 61.4 Å². The number of rotatable bonds is 3. The second-order valence-electron chi connectivity index (χ2n) is 6.97. The van der Waals surface area contributed by atoms with Gasteiger partial charge in [0.1, 0.15) is 5.69 Å². The molecule has 0 spiro atoms. The first-order valence-corrected chi connectivity index (χ1v) is 9.60. The van der Waals surface area contributed by atoms with E-state index in [1.54, 1.807) is 4.90 Å². The monoisotopic (exact) mass is 462 g/mol. The number of nitrogens with zero attached hydrogens (tertiary/aromatic N) is 6. The summed E-state index contributed by atoms with van der Waals surface area (Å²) in [7, 11) is 3.25. The Morgan fingerprint density at radius 3 is 2.14 bits per heavy atom. The maximum atomic E-state index is 13.0. The summed E-state index contributed by atoms with van der Waals surface area (Å²) in [5.74, 6) is -0.453. The van der Waals surface area contributed by atoms with Crippen LogP contribution in [-0.2, 0) is 26.8 Å². The van der Waals surface area contributed by atoms with Gasteiger partial charge in [-0.1, -0.05) is 0 Å². The van der Waals surface area contributed by atoms with Crippen molar-refractivity contribution >= 4 is 21.8 Å².